The molecule has 0 heterocycles. The summed E-state index contributed by atoms with van der Waals surface area (Å²) in [7, 11) is -4.41. The minimum Gasteiger partial charge on any atom is -0.478 e. The second-order valence-electron chi connectivity index (χ2n) is 4.15. The predicted molar refractivity (Wildman–Crippen MR) is 70.5 cm³/mol. The Morgan fingerprint density at radius 2 is 1.73 bits per heavy atom. The van der Waals surface area contributed by atoms with Gasteiger partial charge in [-0.15, -0.1) is 0 Å². The molecule has 0 bridgehead atoms. The highest BCUT2D eigenvalue weighted by Crippen LogP contribution is 2.22. The summed E-state index contributed by atoms with van der Waals surface area (Å²) in [6.45, 7) is 0. The molecule has 5 nitrogen and oxygen atoms in total. The van der Waals surface area contributed by atoms with Crippen LogP contribution in [-0.4, -0.2) is 19.5 Å². The molecule has 0 atom stereocenters. The lowest BCUT2D eigenvalue weighted by Gasteiger charge is -2.10. The Labute approximate surface area is 123 Å². The molecule has 2 rings (SSSR count). The Hall–Kier alpha value is -2.55. The largest absolute Gasteiger partial charge is 0.478 e. The summed E-state index contributed by atoms with van der Waals surface area (Å²) >= 11 is 0. The molecule has 0 aromatic heterocycles. The first-order chi connectivity index (χ1) is 10.2. The van der Waals surface area contributed by atoms with E-state index >= 15 is 0 Å². The highest BCUT2D eigenvalue weighted by Gasteiger charge is 2.21. The summed E-state index contributed by atoms with van der Waals surface area (Å²) in [5.74, 6) is -5.45. The maximum absolute atomic E-state index is 13.5. The van der Waals surface area contributed by atoms with Gasteiger partial charge in [-0.3, -0.25) is 4.72 Å². The standard InChI is InChI=1S/C13H8F3NO4S/c14-9-5-4-7(6-8(9)13(18)19)22(20,21)17-11-3-1-2-10(15)12(11)16/h1-6,17H,(H,18,19). The van der Waals surface area contributed by atoms with Crippen LogP contribution in [0.4, 0.5) is 18.9 Å². The molecule has 0 fully saturated rings. The van der Waals surface area contributed by atoms with E-state index in [1.165, 1.54) is 0 Å². The lowest BCUT2D eigenvalue weighted by Crippen LogP contribution is -2.15. The van der Waals surface area contributed by atoms with Crippen LogP contribution < -0.4 is 4.72 Å². The Morgan fingerprint density at radius 3 is 2.36 bits per heavy atom. The van der Waals surface area contributed by atoms with Crippen molar-refractivity contribution in [3.63, 3.8) is 0 Å². The van der Waals surface area contributed by atoms with Gasteiger partial charge >= 0.3 is 5.97 Å². The van der Waals surface area contributed by atoms with E-state index in [1.807, 2.05) is 0 Å². The third-order valence-electron chi connectivity index (χ3n) is 2.67. The summed E-state index contributed by atoms with van der Waals surface area (Å²) < 4.78 is 65.6. The zero-order chi connectivity index (χ0) is 16.5. The predicted octanol–water partition coefficient (Wildman–Crippen LogP) is 2.60. The average molecular weight is 331 g/mol. The monoisotopic (exact) mass is 331 g/mol. The summed E-state index contributed by atoms with van der Waals surface area (Å²) in [6, 6.07) is 4.91. The first kappa shape index (κ1) is 15.8. The SMILES string of the molecule is O=C(O)c1cc(S(=O)(=O)Nc2cccc(F)c2F)ccc1F. The number of carboxylic acids is 1. The van der Waals surface area contributed by atoms with Crippen molar-refractivity contribution in [1.29, 1.82) is 0 Å². The second kappa shape index (κ2) is 5.68. The van der Waals surface area contributed by atoms with E-state index in [0.29, 0.717) is 12.1 Å². The van der Waals surface area contributed by atoms with Crippen LogP contribution in [0.25, 0.3) is 0 Å². The average Bonchev–Trinajstić information content (AvgIpc) is 2.43. The number of carbonyl (C=O) groups is 1. The number of anilines is 1. The summed E-state index contributed by atoms with van der Waals surface area (Å²) in [6.07, 6.45) is 0. The van der Waals surface area contributed by atoms with Crippen LogP contribution in [0.1, 0.15) is 10.4 Å². The number of sulfonamides is 1. The van der Waals surface area contributed by atoms with Gasteiger partial charge in [0, 0.05) is 0 Å². The quantitative estimate of drug-likeness (QED) is 0.902. The molecule has 0 aliphatic carbocycles. The zero-order valence-corrected chi connectivity index (χ0v) is 11.5. The van der Waals surface area contributed by atoms with E-state index in [1.54, 1.807) is 4.72 Å². The topological polar surface area (TPSA) is 83.5 Å². The van der Waals surface area contributed by atoms with Crippen LogP contribution in [0.5, 0.6) is 0 Å². The van der Waals surface area contributed by atoms with Gasteiger partial charge in [0.05, 0.1) is 16.1 Å². The number of halogens is 3. The van der Waals surface area contributed by atoms with Gasteiger partial charge in [-0.1, -0.05) is 6.07 Å². The van der Waals surface area contributed by atoms with Gasteiger partial charge in [-0.05, 0) is 30.3 Å². The molecule has 9 heteroatoms. The normalized spacial score (nSPS) is 11.2. The molecule has 22 heavy (non-hydrogen) atoms. The van der Waals surface area contributed by atoms with Gasteiger partial charge in [0.15, 0.2) is 11.6 Å². The van der Waals surface area contributed by atoms with E-state index in [9.17, 15) is 26.4 Å². The van der Waals surface area contributed by atoms with Crippen LogP contribution in [-0.2, 0) is 10.0 Å². The number of nitrogens with one attached hydrogen (secondary N) is 1. The van der Waals surface area contributed by atoms with Crippen LogP contribution in [0.15, 0.2) is 41.3 Å². The minimum absolute atomic E-state index is 0.581. The summed E-state index contributed by atoms with van der Waals surface area (Å²) in [5.41, 5.74) is -1.51. The zero-order valence-electron chi connectivity index (χ0n) is 10.7. The fourth-order valence-electron chi connectivity index (χ4n) is 1.62. The maximum Gasteiger partial charge on any atom is 0.338 e. The van der Waals surface area contributed by atoms with Crippen molar-refractivity contribution in [3.05, 3.63) is 59.4 Å². The Bertz CT molecular complexity index is 852. The molecule has 0 saturated carbocycles. The number of hydrogen-bond acceptors (Lipinski definition) is 3. The number of rotatable bonds is 4. The Balaban J connectivity index is 2.45. The molecule has 0 radical (unpaired) electrons. The van der Waals surface area contributed by atoms with Crippen molar-refractivity contribution in [1.82, 2.24) is 0 Å². The molecular weight excluding hydrogens is 323 g/mol. The highest BCUT2D eigenvalue weighted by molar-refractivity contribution is 7.92. The smallest absolute Gasteiger partial charge is 0.338 e. The van der Waals surface area contributed by atoms with Crippen molar-refractivity contribution in [2.45, 2.75) is 4.90 Å². The van der Waals surface area contributed by atoms with Crippen LogP contribution >= 0.6 is 0 Å². The van der Waals surface area contributed by atoms with Gasteiger partial charge in [0.1, 0.15) is 5.82 Å². The third kappa shape index (κ3) is 3.03. The van der Waals surface area contributed by atoms with E-state index in [-0.39, 0.29) is 0 Å². The minimum atomic E-state index is -4.41. The maximum atomic E-state index is 13.5. The molecule has 2 N–H and O–H groups in total. The van der Waals surface area contributed by atoms with Crippen molar-refractivity contribution in [2.24, 2.45) is 0 Å². The van der Waals surface area contributed by atoms with E-state index in [0.717, 1.165) is 24.3 Å². The first-order valence-corrected chi connectivity index (χ1v) is 7.20. The number of benzene rings is 2. The molecule has 0 unspecified atom stereocenters. The molecule has 0 spiro atoms. The molecule has 0 saturated heterocycles. The van der Waals surface area contributed by atoms with Crippen LogP contribution in [0, 0.1) is 17.5 Å². The van der Waals surface area contributed by atoms with Gasteiger partial charge in [-0.25, -0.2) is 26.4 Å². The molecule has 0 aliphatic heterocycles. The van der Waals surface area contributed by atoms with Crippen molar-refractivity contribution < 1.29 is 31.5 Å². The molecule has 0 aliphatic rings. The van der Waals surface area contributed by atoms with Crippen molar-refractivity contribution in [2.75, 3.05) is 4.72 Å². The van der Waals surface area contributed by atoms with Crippen molar-refractivity contribution >= 4 is 21.7 Å². The molecule has 116 valence electrons. The van der Waals surface area contributed by atoms with E-state index in [2.05, 4.69) is 0 Å². The molecule has 2 aromatic carbocycles. The summed E-state index contributed by atoms with van der Waals surface area (Å²) in [4.78, 5) is 10.2. The molecule has 2 aromatic rings. The van der Waals surface area contributed by atoms with Gasteiger partial charge in [-0.2, -0.15) is 0 Å². The van der Waals surface area contributed by atoms with Gasteiger partial charge in [0.2, 0.25) is 0 Å². The fraction of sp³-hybridized carbons (Fsp3) is 0. The van der Waals surface area contributed by atoms with Crippen LogP contribution in [0.3, 0.4) is 0 Å². The van der Waals surface area contributed by atoms with Gasteiger partial charge < -0.3 is 5.11 Å². The van der Waals surface area contributed by atoms with E-state index < -0.39 is 49.6 Å². The van der Waals surface area contributed by atoms with E-state index in [4.69, 9.17) is 5.11 Å². The number of carboxylic acid groups (broad SMARTS) is 1. The Morgan fingerprint density at radius 1 is 1.05 bits per heavy atom. The molecular formula is C13H8F3NO4S. The highest BCUT2D eigenvalue weighted by atomic mass is 32.2. The van der Waals surface area contributed by atoms with Gasteiger partial charge in [0.25, 0.3) is 10.0 Å². The second-order valence-corrected chi connectivity index (χ2v) is 5.84. The first-order valence-electron chi connectivity index (χ1n) is 5.72. The number of aromatic carboxylic acids is 1. The summed E-state index contributed by atoms with van der Waals surface area (Å²) in [5, 5.41) is 8.76. The lowest BCUT2D eigenvalue weighted by molar-refractivity contribution is 0.0691. The fourth-order valence-corrected chi connectivity index (χ4v) is 2.71. The van der Waals surface area contributed by atoms with Crippen molar-refractivity contribution in [3.8, 4) is 0 Å². The number of hydrogen-bond donors (Lipinski definition) is 2. The lowest BCUT2D eigenvalue weighted by atomic mass is 10.2. The molecule has 0 amide bonds. The third-order valence-corrected chi connectivity index (χ3v) is 4.04. The Kier molecular flexibility index (Phi) is 4.09. The van der Waals surface area contributed by atoms with Crippen LogP contribution in [0.2, 0.25) is 0 Å².